The average molecular weight is 499 g/mol. The normalized spacial score (nSPS) is 15.9. The second kappa shape index (κ2) is 9.68. The van der Waals surface area contributed by atoms with Crippen LogP contribution in [0.2, 0.25) is 0 Å². The number of rotatable bonds is 5. The van der Waals surface area contributed by atoms with Crippen LogP contribution in [0.1, 0.15) is 35.5 Å². The zero-order valence-corrected chi connectivity index (χ0v) is 21.7. The zero-order chi connectivity index (χ0) is 24.5. The summed E-state index contributed by atoms with van der Waals surface area (Å²) >= 11 is 7.59. The lowest BCUT2D eigenvalue weighted by molar-refractivity contribution is 0.404. The van der Waals surface area contributed by atoms with Crippen LogP contribution in [0.3, 0.4) is 0 Å². The van der Waals surface area contributed by atoms with Crippen LogP contribution < -0.4 is 10.2 Å². The third-order valence-electron chi connectivity index (χ3n) is 6.37. The summed E-state index contributed by atoms with van der Waals surface area (Å²) in [5, 5.41) is 8.48. The molecule has 0 radical (unpaired) electrons. The SMILES string of the molecule is CSc1ccc(N2C(=S)NC(c3ccc(C)c(C)c3)C(c3nc(-c4ccccc4)no3)=C2C)cc1. The molecule has 176 valence electrons. The second-order valence-electron chi connectivity index (χ2n) is 8.55. The van der Waals surface area contributed by atoms with E-state index >= 15 is 0 Å². The van der Waals surface area contributed by atoms with Crippen LogP contribution in [0, 0.1) is 13.8 Å². The lowest BCUT2D eigenvalue weighted by Gasteiger charge is -2.37. The minimum Gasteiger partial charge on any atom is -0.351 e. The molecule has 0 spiro atoms. The van der Waals surface area contributed by atoms with Gasteiger partial charge < -0.3 is 9.84 Å². The number of thioether (sulfide) groups is 1. The molecule has 2 heterocycles. The number of aryl methyl sites for hydroxylation is 2. The minimum atomic E-state index is -0.215. The zero-order valence-electron chi connectivity index (χ0n) is 20.1. The molecule has 0 saturated heterocycles. The molecule has 0 saturated carbocycles. The summed E-state index contributed by atoms with van der Waals surface area (Å²) in [7, 11) is 0. The maximum absolute atomic E-state index is 5.88. The van der Waals surface area contributed by atoms with Gasteiger partial charge in [0.25, 0.3) is 5.89 Å². The molecule has 1 aromatic heterocycles. The molecule has 35 heavy (non-hydrogen) atoms. The van der Waals surface area contributed by atoms with Gasteiger partial charge in [0.2, 0.25) is 5.82 Å². The van der Waals surface area contributed by atoms with E-state index in [4.69, 9.17) is 21.7 Å². The Bertz CT molecular complexity index is 1410. The van der Waals surface area contributed by atoms with Gasteiger partial charge in [0.15, 0.2) is 5.11 Å². The number of nitrogens with zero attached hydrogens (tertiary/aromatic N) is 3. The molecule has 7 heteroatoms. The van der Waals surface area contributed by atoms with Crippen molar-refractivity contribution in [1.29, 1.82) is 0 Å². The predicted molar refractivity (Wildman–Crippen MR) is 147 cm³/mol. The second-order valence-corrected chi connectivity index (χ2v) is 9.81. The number of hydrogen-bond acceptors (Lipinski definition) is 5. The van der Waals surface area contributed by atoms with Crippen LogP contribution >= 0.6 is 24.0 Å². The van der Waals surface area contributed by atoms with Crippen LogP contribution in [-0.4, -0.2) is 21.5 Å². The van der Waals surface area contributed by atoms with Gasteiger partial charge in [-0.3, -0.25) is 4.90 Å². The molecule has 5 nitrogen and oxygen atoms in total. The first-order valence-corrected chi connectivity index (χ1v) is 13.0. The summed E-state index contributed by atoms with van der Waals surface area (Å²) in [5.41, 5.74) is 7.32. The average Bonchev–Trinajstić information content (AvgIpc) is 3.36. The van der Waals surface area contributed by atoms with E-state index < -0.39 is 0 Å². The number of benzene rings is 3. The van der Waals surface area contributed by atoms with E-state index in [1.165, 1.54) is 16.0 Å². The smallest absolute Gasteiger partial charge is 0.258 e. The molecule has 5 rings (SSSR count). The number of aromatic nitrogens is 2. The Hall–Kier alpha value is -3.42. The van der Waals surface area contributed by atoms with Crippen LogP contribution in [0.5, 0.6) is 0 Å². The molecule has 0 amide bonds. The Kier molecular flexibility index (Phi) is 6.45. The number of nitrogens with one attached hydrogen (secondary N) is 1. The summed E-state index contributed by atoms with van der Waals surface area (Å²) in [6.45, 7) is 6.30. The predicted octanol–water partition coefficient (Wildman–Crippen LogP) is 6.94. The van der Waals surface area contributed by atoms with E-state index in [0.29, 0.717) is 16.8 Å². The van der Waals surface area contributed by atoms with Gasteiger partial charge in [-0.1, -0.05) is 53.7 Å². The molecule has 0 fully saturated rings. The highest BCUT2D eigenvalue weighted by Gasteiger charge is 2.35. The quantitative estimate of drug-likeness (QED) is 0.236. The van der Waals surface area contributed by atoms with Crippen molar-refractivity contribution in [1.82, 2.24) is 15.5 Å². The molecule has 1 unspecified atom stereocenters. The first kappa shape index (κ1) is 23.3. The van der Waals surface area contributed by atoms with Crippen molar-refractivity contribution in [3.8, 4) is 11.4 Å². The number of allylic oxidation sites excluding steroid dienone is 1. The summed E-state index contributed by atoms with van der Waals surface area (Å²) in [6, 6.07) is 24.5. The van der Waals surface area contributed by atoms with Crippen molar-refractivity contribution >= 4 is 40.4 Å². The van der Waals surface area contributed by atoms with Crippen molar-refractivity contribution in [3.05, 3.63) is 101 Å². The van der Waals surface area contributed by atoms with Crippen LogP contribution in [-0.2, 0) is 0 Å². The molecule has 3 aromatic carbocycles. The van der Waals surface area contributed by atoms with E-state index in [1.54, 1.807) is 11.8 Å². The van der Waals surface area contributed by atoms with Crippen molar-refractivity contribution in [2.24, 2.45) is 0 Å². The minimum absolute atomic E-state index is 0.215. The third-order valence-corrected chi connectivity index (χ3v) is 7.41. The van der Waals surface area contributed by atoms with Crippen molar-refractivity contribution < 1.29 is 4.52 Å². The van der Waals surface area contributed by atoms with Gasteiger partial charge in [0.05, 0.1) is 11.6 Å². The van der Waals surface area contributed by atoms with E-state index in [9.17, 15) is 0 Å². The Balaban J connectivity index is 1.65. The fraction of sp³-hybridized carbons (Fsp3) is 0.179. The fourth-order valence-electron chi connectivity index (χ4n) is 4.29. The summed E-state index contributed by atoms with van der Waals surface area (Å²) in [6.07, 6.45) is 2.07. The highest BCUT2D eigenvalue weighted by atomic mass is 32.2. The Morgan fingerprint density at radius 3 is 2.37 bits per heavy atom. The number of thiocarbonyl (C=S) groups is 1. The Morgan fingerprint density at radius 1 is 0.943 bits per heavy atom. The standard InChI is InChI=1S/C28H26N4OS2/c1-17-10-11-21(16-18(17)2)25-24(27-30-26(31-33-27)20-8-6-5-7-9-20)19(3)32(28(34)29-25)22-12-14-23(35-4)15-13-22/h5-16,25H,1-4H3,(H,29,34). The third kappa shape index (κ3) is 4.49. The highest BCUT2D eigenvalue weighted by molar-refractivity contribution is 7.98. The van der Waals surface area contributed by atoms with Crippen LogP contribution in [0.4, 0.5) is 5.69 Å². The van der Waals surface area contributed by atoms with Gasteiger partial charge in [-0.15, -0.1) is 11.8 Å². The first-order valence-electron chi connectivity index (χ1n) is 11.4. The maximum Gasteiger partial charge on any atom is 0.258 e. The number of anilines is 1. The highest BCUT2D eigenvalue weighted by Crippen LogP contribution is 2.39. The maximum atomic E-state index is 5.88. The molecule has 1 aliphatic heterocycles. The van der Waals surface area contributed by atoms with Crippen molar-refractivity contribution in [3.63, 3.8) is 0 Å². The monoisotopic (exact) mass is 498 g/mol. The molecule has 1 atom stereocenters. The Labute approximate surface area is 215 Å². The van der Waals surface area contributed by atoms with Gasteiger partial charge in [-0.05, 0) is 80.2 Å². The van der Waals surface area contributed by atoms with E-state index in [2.05, 4.69) is 80.0 Å². The van der Waals surface area contributed by atoms with Crippen molar-refractivity contribution in [2.45, 2.75) is 31.7 Å². The van der Waals surface area contributed by atoms with Crippen LogP contribution in [0.25, 0.3) is 17.0 Å². The van der Waals surface area contributed by atoms with Crippen LogP contribution in [0.15, 0.2) is 87.9 Å². The Morgan fingerprint density at radius 2 is 1.69 bits per heavy atom. The molecular formula is C28H26N4OS2. The molecule has 0 aliphatic carbocycles. The number of hydrogen-bond donors (Lipinski definition) is 1. The van der Waals surface area contributed by atoms with Gasteiger partial charge in [-0.2, -0.15) is 4.98 Å². The largest absolute Gasteiger partial charge is 0.351 e. The lowest BCUT2D eigenvalue weighted by Crippen LogP contribution is -2.46. The first-order chi connectivity index (χ1) is 17.0. The van der Waals surface area contributed by atoms with Gasteiger partial charge in [0.1, 0.15) is 0 Å². The molecule has 0 bridgehead atoms. The van der Waals surface area contributed by atoms with E-state index in [1.807, 2.05) is 35.2 Å². The molecular weight excluding hydrogens is 472 g/mol. The lowest BCUT2D eigenvalue weighted by atomic mass is 9.92. The van der Waals surface area contributed by atoms with Gasteiger partial charge >= 0.3 is 0 Å². The summed E-state index contributed by atoms with van der Waals surface area (Å²) in [4.78, 5) is 8.04. The fourth-order valence-corrected chi connectivity index (χ4v) is 5.06. The van der Waals surface area contributed by atoms with Crippen molar-refractivity contribution in [2.75, 3.05) is 11.2 Å². The van der Waals surface area contributed by atoms with E-state index in [-0.39, 0.29) is 6.04 Å². The summed E-state index contributed by atoms with van der Waals surface area (Å²) in [5.74, 6) is 1.04. The van der Waals surface area contributed by atoms with Gasteiger partial charge in [-0.25, -0.2) is 0 Å². The molecule has 4 aromatic rings. The molecule has 1 N–H and O–H groups in total. The molecule has 1 aliphatic rings. The van der Waals surface area contributed by atoms with E-state index in [0.717, 1.165) is 28.1 Å². The topological polar surface area (TPSA) is 54.2 Å². The van der Waals surface area contributed by atoms with Gasteiger partial charge in [0, 0.05) is 21.8 Å². The summed E-state index contributed by atoms with van der Waals surface area (Å²) < 4.78 is 5.86.